The van der Waals surface area contributed by atoms with Gasteiger partial charge in [-0.25, -0.2) is 0 Å². The minimum Gasteiger partial charge on any atom is -0.315 e. The standard InChI is InChI=1S/C10H17N3O2/c1-12(2)3-4-13-9(14)7-5-11-6-8(7)10(13)15/h7-8,11H,3-6H2,1-2H3/t7-,8+. The quantitative estimate of drug-likeness (QED) is 0.593. The van der Waals surface area contributed by atoms with E-state index in [1.807, 2.05) is 19.0 Å². The number of nitrogens with one attached hydrogen (secondary N) is 1. The minimum atomic E-state index is -0.0975. The summed E-state index contributed by atoms with van der Waals surface area (Å²) in [6.07, 6.45) is 0. The van der Waals surface area contributed by atoms with Gasteiger partial charge in [-0.15, -0.1) is 0 Å². The zero-order valence-electron chi connectivity index (χ0n) is 9.19. The number of likely N-dealkylation sites (N-methyl/N-ethyl adjacent to an activating group) is 1. The number of hydrogen-bond donors (Lipinski definition) is 1. The maximum atomic E-state index is 11.9. The van der Waals surface area contributed by atoms with Gasteiger partial charge < -0.3 is 10.2 Å². The summed E-state index contributed by atoms with van der Waals surface area (Å²) in [4.78, 5) is 27.1. The van der Waals surface area contributed by atoms with Crippen LogP contribution in [0.2, 0.25) is 0 Å². The van der Waals surface area contributed by atoms with Crippen LogP contribution in [0.15, 0.2) is 0 Å². The number of fused-ring (bicyclic) bond motifs is 1. The Morgan fingerprint density at radius 1 is 1.27 bits per heavy atom. The minimum absolute atomic E-state index is 0.0110. The first kappa shape index (κ1) is 10.6. The molecule has 2 aliphatic rings. The van der Waals surface area contributed by atoms with E-state index in [0.29, 0.717) is 19.6 Å². The number of imide groups is 1. The van der Waals surface area contributed by atoms with Crippen LogP contribution in [0.1, 0.15) is 0 Å². The van der Waals surface area contributed by atoms with Gasteiger partial charge in [-0.3, -0.25) is 14.5 Å². The third-order valence-corrected chi connectivity index (χ3v) is 3.15. The summed E-state index contributed by atoms with van der Waals surface area (Å²) in [5, 5.41) is 3.09. The molecule has 0 aromatic carbocycles. The van der Waals surface area contributed by atoms with Crippen LogP contribution in [0.4, 0.5) is 0 Å². The second-order valence-corrected chi connectivity index (χ2v) is 4.50. The van der Waals surface area contributed by atoms with Crippen molar-refractivity contribution >= 4 is 11.8 Å². The lowest BCUT2D eigenvalue weighted by atomic mass is 10.00. The Bertz CT molecular complexity index is 268. The van der Waals surface area contributed by atoms with Gasteiger partial charge in [-0.2, -0.15) is 0 Å². The molecular weight excluding hydrogens is 194 g/mol. The average Bonchev–Trinajstić information content (AvgIpc) is 2.71. The van der Waals surface area contributed by atoms with Crippen molar-refractivity contribution in [2.75, 3.05) is 40.3 Å². The molecule has 2 saturated heterocycles. The van der Waals surface area contributed by atoms with E-state index in [4.69, 9.17) is 0 Å². The molecule has 0 aliphatic carbocycles. The van der Waals surface area contributed by atoms with Crippen molar-refractivity contribution in [2.24, 2.45) is 11.8 Å². The topological polar surface area (TPSA) is 52.6 Å². The molecule has 5 heteroatoms. The Hall–Kier alpha value is -0.940. The first-order valence-electron chi connectivity index (χ1n) is 5.32. The lowest BCUT2D eigenvalue weighted by Crippen LogP contribution is -2.39. The van der Waals surface area contributed by atoms with Crippen molar-refractivity contribution < 1.29 is 9.59 Å². The highest BCUT2D eigenvalue weighted by Gasteiger charge is 2.49. The molecule has 0 saturated carbocycles. The third-order valence-electron chi connectivity index (χ3n) is 3.15. The number of amides is 2. The predicted octanol–water partition coefficient (Wildman–Crippen LogP) is -1.25. The Morgan fingerprint density at radius 2 is 1.80 bits per heavy atom. The second kappa shape index (κ2) is 3.90. The molecule has 84 valence electrons. The SMILES string of the molecule is CN(C)CCN1C(=O)[C@H]2CNC[C@H]2C1=O. The molecule has 2 atom stereocenters. The van der Waals surface area contributed by atoms with Gasteiger partial charge in [0.1, 0.15) is 0 Å². The Kier molecular flexibility index (Phi) is 2.75. The molecule has 0 bridgehead atoms. The lowest BCUT2D eigenvalue weighted by molar-refractivity contribution is -0.140. The van der Waals surface area contributed by atoms with Gasteiger partial charge in [-0.1, -0.05) is 0 Å². The van der Waals surface area contributed by atoms with Crippen LogP contribution in [0.25, 0.3) is 0 Å². The smallest absolute Gasteiger partial charge is 0.234 e. The van der Waals surface area contributed by atoms with Gasteiger partial charge in [0.15, 0.2) is 0 Å². The zero-order chi connectivity index (χ0) is 11.0. The maximum Gasteiger partial charge on any atom is 0.234 e. The molecule has 2 fully saturated rings. The largest absolute Gasteiger partial charge is 0.315 e. The molecule has 1 N–H and O–H groups in total. The molecule has 5 nitrogen and oxygen atoms in total. The zero-order valence-corrected chi connectivity index (χ0v) is 9.19. The summed E-state index contributed by atoms with van der Waals surface area (Å²) >= 11 is 0. The van der Waals surface area contributed by atoms with E-state index in [-0.39, 0.29) is 23.7 Å². The summed E-state index contributed by atoms with van der Waals surface area (Å²) in [7, 11) is 3.88. The summed E-state index contributed by atoms with van der Waals surface area (Å²) in [5.41, 5.74) is 0. The van der Waals surface area contributed by atoms with Gasteiger partial charge in [0.05, 0.1) is 11.8 Å². The predicted molar refractivity (Wildman–Crippen MR) is 55.1 cm³/mol. The highest BCUT2D eigenvalue weighted by molar-refractivity contribution is 6.05. The van der Waals surface area contributed by atoms with Gasteiger partial charge in [0.25, 0.3) is 0 Å². The fraction of sp³-hybridized carbons (Fsp3) is 0.800. The van der Waals surface area contributed by atoms with E-state index in [9.17, 15) is 9.59 Å². The summed E-state index contributed by atoms with van der Waals surface area (Å²) < 4.78 is 0. The molecule has 2 aliphatic heterocycles. The van der Waals surface area contributed by atoms with Crippen LogP contribution in [0, 0.1) is 11.8 Å². The van der Waals surface area contributed by atoms with Crippen molar-refractivity contribution in [1.82, 2.24) is 15.1 Å². The molecule has 2 amide bonds. The van der Waals surface area contributed by atoms with E-state index < -0.39 is 0 Å². The van der Waals surface area contributed by atoms with Crippen molar-refractivity contribution in [1.29, 1.82) is 0 Å². The third kappa shape index (κ3) is 1.77. The summed E-state index contributed by atoms with van der Waals surface area (Å²) in [6, 6.07) is 0. The molecule has 0 aromatic rings. The molecule has 15 heavy (non-hydrogen) atoms. The highest BCUT2D eigenvalue weighted by Crippen LogP contribution is 2.28. The van der Waals surface area contributed by atoms with Crippen LogP contribution in [0.5, 0.6) is 0 Å². The fourth-order valence-corrected chi connectivity index (χ4v) is 2.23. The molecule has 2 rings (SSSR count). The average molecular weight is 211 g/mol. The van der Waals surface area contributed by atoms with Crippen molar-refractivity contribution in [3.63, 3.8) is 0 Å². The van der Waals surface area contributed by atoms with Gasteiger partial charge in [0.2, 0.25) is 11.8 Å². The summed E-state index contributed by atoms with van der Waals surface area (Å²) in [6.45, 7) is 2.59. The number of likely N-dealkylation sites (tertiary alicyclic amines) is 1. The lowest BCUT2D eigenvalue weighted by Gasteiger charge is -2.18. The van der Waals surface area contributed by atoms with E-state index in [1.54, 1.807) is 0 Å². The Labute approximate surface area is 89.4 Å². The molecule has 0 unspecified atom stereocenters. The van der Waals surface area contributed by atoms with E-state index in [0.717, 1.165) is 6.54 Å². The Morgan fingerprint density at radius 3 is 2.27 bits per heavy atom. The number of carbonyl (C=O) groups is 2. The van der Waals surface area contributed by atoms with Crippen molar-refractivity contribution in [2.45, 2.75) is 0 Å². The van der Waals surface area contributed by atoms with Crippen LogP contribution >= 0.6 is 0 Å². The number of nitrogens with zero attached hydrogens (tertiary/aromatic N) is 2. The van der Waals surface area contributed by atoms with E-state index in [2.05, 4.69) is 5.32 Å². The van der Waals surface area contributed by atoms with Crippen molar-refractivity contribution in [3.8, 4) is 0 Å². The van der Waals surface area contributed by atoms with Gasteiger partial charge in [-0.05, 0) is 14.1 Å². The van der Waals surface area contributed by atoms with Gasteiger partial charge in [0, 0.05) is 26.2 Å². The van der Waals surface area contributed by atoms with Crippen LogP contribution in [0.3, 0.4) is 0 Å². The van der Waals surface area contributed by atoms with Gasteiger partial charge >= 0.3 is 0 Å². The highest BCUT2D eigenvalue weighted by atomic mass is 16.2. The van der Waals surface area contributed by atoms with Crippen LogP contribution in [-0.4, -0.2) is 61.9 Å². The number of hydrogen-bond acceptors (Lipinski definition) is 4. The second-order valence-electron chi connectivity index (χ2n) is 4.50. The Balaban J connectivity index is 2.01. The molecule has 0 radical (unpaired) electrons. The monoisotopic (exact) mass is 211 g/mol. The van der Waals surface area contributed by atoms with E-state index >= 15 is 0 Å². The molecule has 2 heterocycles. The first-order chi connectivity index (χ1) is 7.11. The first-order valence-corrected chi connectivity index (χ1v) is 5.32. The summed E-state index contributed by atoms with van der Waals surface area (Å²) in [5.74, 6) is -0.173. The van der Waals surface area contributed by atoms with Crippen molar-refractivity contribution in [3.05, 3.63) is 0 Å². The normalized spacial score (nSPS) is 30.5. The van der Waals surface area contributed by atoms with Crippen LogP contribution < -0.4 is 5.32 Å². The molecule has 0 aromatic heterocycles. The molecule has 0 spiro atoms. The van der Waals surface area contributed by atoms with Crippen LogP contribution in [-0.2, 0) is 9.59 Å². The van der Waals surface area contributed by atoms with E-state index in [1.165, 1.54) is 4.90 Å². The maximum absolute atomic E-state index is 11.9. The number of carbonyl (C=O) groups excluding carboxylic acids is 2. The number of rotatable bonds is 3. The fourth-order valence-electron chi connectivity index (χ4n) is 2.23. The molecular formula is C10H17N3O2.